The monoisotopic (exact) mass is 237 g/mol. The van der Waals surface area contributed by atoms with Crippen molar-refractivity contribution in [1.82, 2.24) is 5.32 Å². The van der Waals surface area contributed by atoms with Crippen LogP contribution in [0.2, 0.25) is 0 Å². The van der Waals surface area contributed by atoms with Crippen molar-refractivity contribution < 1.29 is 4.79 Å². The Morgan fingerprint density at radius 3 is 3.00 bits per heavy atom. The SMILES string of the molecule is CC1CC(NC(=O)CBr)CS1. The number of hydrogen-bond acceptors (Lipinski definition) is 2. The number of carbonyl (C=O) groups is 1. The molecule has 1 amide bonds. The van der Waals surface area contributed by atoms with Crippen LogP contribution in [-0.4, -0.2) is 28.3 Å². The third-order valence-electron chi connectivity index (χ3n) is 1.68. The maximum Gasteiger partial charge on any atom is 0.230 e. The highest BCUT2D eigenvalue weighted by Crippen LogP contribution is 2.25. The lowest BCUT2D eigenvalue weighted by Crippen LogP contribution is -2.35. The van der Waals surface area contributed by atoms with Crippen molar-refractivity contribution in [2.45, 2.75) is 24.6 Å². The zero-order chi connectivity index (χ0) is 8.27. The second-order valence-corrected chi connectivity index (χ2v) is 4.81. The second-order valence-electron chi connectivity index (χ2n) is 2.78. The van der Waals surface area contributed by atoms with Crippen molar-refractivity contribution in [3.63, 3.8) is 0 Å². The molecule has 0 saturated carbocycles. The smallest absolute Gasteiger partial charge is 0.230 e. The van der Waals surface area contributed by atoms with Crippen molar-refractivity contribution in [3.8, 4) is 0 Å². The fourth-order valence-electron chi connectivity index (χ4n) is 1.18. The number of thioether (sulfide) groups is 1. The zero-order valence-electron chi connectivity index (χ0n) is 6.47. The second kappa shape index (κ2) is 4.36. The van der Waals surface area contributed by atoms with Crippen LogP contribution >= 0.6 is 27.7 Å². The highest BCUT2D eigenvalue weighted by atomic mass is 79.9. The van der Waals surface area contributed by atoms with Crippen molar-refractivity contribution in [3.05, 3.63) is 0 Å². The van der Waals surface area contributed by atoms with Gasteiger partial charge in [-0.15, -0.1) is 0 Å². The molecule has 1 aliphatic rings. The minimum atomic E-state index is 0.102. The lowest BCUT2D eigenvalue weighted by molar-refractivity contribution is -0.119. The van der Waals surface area contributed by atoms with Gasteiger partial charge in [-0.25, -0.2) is 0 Å². The molecule has 1 rings (SSSR count). The molecule has 2 atom stereocenters. The molecule has 1 N–H and O–H groups in total. The van der Waals surface area contributed by atoms with Crippen molar-refractivity contribution >= 4 is 33.6 Å². The number of amides is 1. The molecule has 1 saturated heterocycles. The van der Waals surface area contributed by atoms with Gasteiger partial charge in [-0.1, -0.05) is 22.9 Å². The molecule has 2 unspecified atom stereocenters. The molecule has 0 bridgehead atoms. The summed E-state index contributed by atoms with van der Waals surface area (Å²) in [6.45, 7) is 2.20. The lowest BCUT2D eigenvalue weighted by atomic mass is 10.2. The van der Waals surface area contributed by atoms with Gasteiger partial charge in [0.15, 0.2) is 0 Å². The molecule has 0 aromatic carbocycles. The Hall–Kier alpha value is 0.300. The molecule has 1 heterocycles. The van der Waals surface area contributed by atoms with Gasteiger partial charge < -0.3 is 5.32 Å². The van der Waals surface area contributed by atoms with E-state index in [1.165, 1.54) is 0 Å². The van der Waals surface area contributed by atoms with Crippen molar-refractivity contribution in [2.24, 2.45) is 0 Å². The molecule has 64 valence electrons. The normalized spacial score (nSPS) is 30.4. The van der Waals surface area contributed by atoms with Crippen LogP contribution < -0.4 is 5.32 Å². The number of halogens is 1. The third-order valence-corrected chi connectivity index (χ3v) is 3.55. The molecule has 2 nitrogen and oxygen atoms in total. The summed E-state index contributed by atoms with van der Waals surface area (Å²) in [6.07, 6.45) is 1.11. The van der Waals surface area contributed by atoms with E-state index in [-0.39, 0.29) is 5.91 Å². The fraction of sp³-hybridized carbons (Fsp3) is 0.857. The molecule has 0 aromatic heterocycles. The predicted octanol–water partition coefficient (Wildman–Crippen LogP) is 1.39. The van der Waals surface area contributed by atoms with Gasteiger partial charge in [0.25, 0.3) is 0 Å². The maximum absolute atomic E-state index is 10.9. The minimum Gasteiger partial charge on any atom is -0.352 e. The van der Waals surface area contributed by atoms with Crippen LogP contribution in [0.3, 0.4) is 0 Å². The van der Waals surface area contributed by atoms with Crippen LogP contribution in [0.1, 0.15) is 13.3 Å². The number of alkyl halides is 1. The Balaban J connectivity index is 2.23. The molecule has 1 fully saturated rings. The van der Waals surface area contributed by atoms with E-state index in [2.05, 4.69) is 28.2 Å². The molecule has 0 spiro atoms. The van der Waals surface area contributed by atoms with Crippen LogP contribution in [-0.2, 0) is 4.79 Å². The Morgan fingerprint density at radius 1 is 1.82 bits per heavy atom. The van der Waals surface area contributed by atoms with E-state index in [0.717, 1.165) is 12.2 Å². The summed E-state index contributed by atoms with van der Waals surface area (Å²) in [5, 5.41) is 4.08. The van der Waals surface area contributed by atoms with E-state index in [4.69, 9.17) is 0 Å². The third kappa shape index (κ3) is 3.03. The summed E-state index contributed by atoms with van der Waals surface area (Å²) in [5.41, 5.74) is 0. The summed E-state index contributed by atoms with van der Waals surface area (Å²) >= 11 is 5.05. The summed E-state index contributed by atoms with van der Waals surface area (Å²) < 4.78 is 0. The zero-order valence-corrected chi connectivity index (χ0v) is 8.87. The first-order chi connectivity index (χ1) is 5.22. The predicted molar refractivity (Wildman–Crippen MR) is 52.3 cm³/mol. The van der Waals surface area contributed by atoms with Gasteiger partial charge in [-0.3, -0.25) is 4.79 Å². The highest BCUT2D eigenvalue weighted by molar-refractivity contribution is 9.09. The van der Waals surface area contributed by atoms with Crippen LogP contribution in [0.25, 0.3) is 0 Å². The van der Waals surface area contributed by atoms with Crippen LogP contribution in [0.15, 0.2) is 0 Å². The Morgan fingerprint density at radius 2 is 2.55 bits per heavy atom. The van der Waals surface area contributed by atoms with Crippen LogP contribution in [0.4, 0.5) is 0 Å². The lowest BCUT2D eigenvalue weighted by Gasteiger charge is -2.09. The number of carbonyl (C=O) groups excluding carboxylic acids is 1. The maximum atomic E-state index is 10.9. The molecule has 0 aromatic rings. The van der Waals surface area contributed by atoms with E-state index in [1.807, 2.05) is 11.8 Å². The Bertz CT molecular complexity index is 153. The van der Waals surface area contributed by atoms with E-state index in [9.17, 15) is 4.79 Å². The quantitative estimate of drug-likeness (QED) is 0.736. The van der Waals surface area contributed by atoms with Crippen LogP contribution in [0, 0.1) is 0 Å². The largest absolute Gasteiger partial charge is 0.352 e. The molecule has 11 heavy (non-hydrogen) atoms. The minimum absolute atomic E-state index is 0.102. The molecule has 4 heteroatoms. The number of rotatable bonds is 2. The fourth-order valence-corrected chi connectivity index (χ4v) is 2.49. The Labute approximate surface area is 79.6 Å². The Kier molecular flexibility index (Phi) is 3.72. The van der Waals surface area contributed by atoms with Gasteiger partial charge in [0.2, 0.25) is 5.91 Å². The van der Waals surface area contributed by atoms with Gasteiger partial charge in [0, 0.05) is 17.0 Å². The standard InChI is InChI=1S/C7H12BrNOS/c1-5-2-6(4-11-5)9-7(10)3-8/h5-6H,2-4H2,1H3,(H,9,10). The summed E-state index contributed by atoms with van der Waals surface area (Å²) in [6, 6.07) is 0.403. The first-order valence-corrected chi connectivity index (χ1v) is 5.86. The molecular formula is C7H12BrNOS. The van der Waals surface area contributed by atoms with E-state index < -0.39 is 0 Å². The van der Waals surface area contributed by atoms with Crippen LogP contribution in [0.5, 0.6) is 0 Å². The van der Waals surface area contributed by atoms with Crippen molar-refractivity contribution in [1.29, 1.82) is 0 Å². The first kappa shape index (κ1) is 9.39. The van der Waals surface area contributed by atoms with E-state index >= 15 is 0 Å². The topological polar surface area (TPSA) is 29.1 Å². The van der Waals surface area contributed by atoms with E-state index in [0.29, 0.717) is 16.6 Å². The summed E-state index contributed by atoms with van der Waals surface area (Å²) in [7, 11) is 0. The van der Waals surface area contributed by atoms with Gasteiger partial charge >= 0.3 is 0 Å². The molecular weight excluding hydrogens is 226 g/mol. The van der Waals surface area contributed by atoms with Gasteiger partial charge in [-0.2, -0.15) is 11.8 Å². The van der Waals surface area contributed by atoms with Gasteiger partial charge in [-0.05, 0) is 6.42 Å². The van der Waals surface area contributed by atoms with Gasteiger partial charge in [0.05, 0.1) is 5.33 Å². The summed E-state index contributed by atoms with van der Waals surface area (Å²) in [4.78, 5) is 10.9. The summed E-state index contributed by atoms with van der Waals surface area (Å²) in [5.74, 6) is 1.17. The highest BCUT2D eigenvalue weighted by Gasteiger charge is 2.22. The van der Waals surface area contributed by atoms with Crippen molar-refractivity contribution in [2.75, 3.05) is 11.1 Å². The van der Waals surface area contributed by atoms with Gasteiger partial charge in [0.1, 0.15) is 0 Å². The first-order valence-electron chi connectivity index (χ1n) is 3.69. The average molecular weight is 238 g/mol. The molecule has 1 aliphatic heterocycles. The molecule has 0 radical (unpaired) electrons. The number of hydrogen-bond donors (Lipinski definition) is 1. The molecule has 0 aliphatic carbocycles. The average Bonchev–Trinajstić information content (AvgIpc) is 2.35. The number of nitrogens with one attached hydrogen (secondary N) is 1. The van der Waals surface area contributed by atoms with E-state index in [1.54, 1.807) is 0 Å².